The number of hydrogen-bond donors (Lipinski definition) is 1. The highest BCUT2D eigenvalue weighted by Crippen LogP contribution is 2.09. The summed E-state index contributed by atoms with van der Waals surface area (Å²) >= 11 is 0. The average Bonchev–Trinajstić information content (AvgIpc) is 2.16. The van der Waals surface area contributed by atoms with Gasteiger partial charge in [-0.3, -0.25) is 4.79 Å². The van der Waals surface area contributed by atoms with Crippen LogP contribution in [-0.4, -0.2) is 54.1 Å². The Morgan fingerprint density at radius 1 is 1.50 bits per heavy atom. The third kappa shape index (κ3) is 2.38. The maximum atomic E-state index is 12.0. The molecular formula is C7H9F2NO4. The molecule has 1 amide bonds. The van der Waals surface area contributed by atoms with E-state index in [4.69, 9.17) is 9.84 Å². The summed E-state index contributed by atoms with van der Waals surface area (Å²) in [6.45, 7) is -0.346. The fourth-order valence-electron chi connectivity index (χ4n) is 1.14. The number of aliphatic carboxylic acids is 1. The summed E-state index contributed by atoms with van der Waals surface area (Å²) in [5.74, 6) is -2.60. The molecule has 0 spiro atoms. The molecule has 1 unspecified atom stereocenters. The fourth-order valence-corrected chi connectivity index (χ4v) is 1.14. The van der Waals surface area contributed by atoms with E-state index in [9.17, 15) is 18.4 Å². The van der Waals surface area contributed by atoms with Crippen molar-refractivity contribution < 1.29 is 28.2 Å². The highest BCUT2D eigenvalue weighted by atomic mass is 19.3. The second-order valence-corrected chi connectivity index (χ2v) is 2.78. The SMILES string of the molecule is O=C(O)C1CN(C(=O)C(F)F)CCO1. The smallest absolute Gasteiger partial charge is 0.334 e. The van der Waals surface area contributed by atoms with Gasteiger partial charge in [0.05, 0.1) is 13.2 Å². The Labute approximate surface area is 78.2 Å². The zero-order chi connectivity index (χ0) is 10.7. The molecule has 1 rings (SSSR count). The van der Waals surface area contributed by atoms with Crippen molar-refractivity contribution in [1.29, 1.82) is 0 Å². The Hall–Kier alpha value is -1.24. The van der Waals surface area contributed by atoms with Crippen LogP contribution in [0.5, 0.6) is 0 Å². The highest BCUT2D eigenvalue weighted by molar-refractivity contribution is 5.81. The number of carboxylic acid groups (broad SMARTS) is 1. The zero-order valence-electron chi connectivity index (χ0n) is 7.15. The molecule has 0 aromatic rings. The molecule has 14 heavy (non-hydrogen) atoms. The lowest BCUT2D eigenvalue weighted by Gasteiger charge is -2.30. The molecule has 1 N–H and O–H groups in total. The van der Waals surface area contributed by atoms with Crippen LogP contribution in [0.1, 0.15) is 0 Å². The van der Waals surface area contributed by atoms with Gasteiger partial charge in [-0.1, -0.05) is 0 Å². The van der Waals surface area contributed by atoms with Crippen LogP contribution in [-0.2, 0) is 14.3 Å². The first-order valence-corrected chi connectivity index (χ1v) is 3.93. The van der Waals surface area contributed by atoms with Crippen molar-refractivity contribution in [2.45, 2.75) is 12.5 Å². The Bertz CT molecular complexity index is 246. The van der Waals surface area contributed by atoms with E-state index < -0.39 is 24.4 Å². The van der Waals surface area contributed by atoms with E-state index in [1.807, 2.05) is 0 Å². The molecule has 1 fully saturated rings. The molecule has 0 bridgehead atoms. The van der Waals surface area contributed by atoms with Gasteiger partial charge in [0, 0.05) is 6.54 Å². The second kappa shape index (κ2) is 4.32. The Balaban J connectivity index is 2.56. The maximum absolute atomic E-state index is 12.0. The minimum atomic E-state index is -3.09. The van der Waals surface area contributed by atoms with Crippen LogP contribution in [0.2, 0.25) is 0 Å². The number of halogens is 2. The summed E-state index contributed by atoms with van der Waals surface area (Å²) < 4.78 is 28.7. The average molecular weight is 209 g/mol. The monoisotopic (exact) mass is 209 g/mol. The Morgan fingerprint density at radius 3 is 2.64 bits per heavy atom. The molecule has 1 atom stereocenters. The van der Waals surface area contributed by atoms with Gasteiger partial charge in [0.15, 0.2) is 6.10 Å². The first-order valence-electron chi connectivity index (χ1n) is 3.93. The lowest BCUT2D eigenvalue weighted by Crippen LogP contribution is -2.50. The van der Waals surface area contributed by atoms with Gasteiger partial charge in [-0.25, -0.2) is 4.79 Å². The first-order chi connectivity index (χ1) is 6.52. The number of amides is 1. The van der Waals surface area contributed by atoms with E-state index >= 15 is 0 Å². The zero-order valence-corrected chi connectivity index (χ0v) is 7.15. The second-order valence-electron chi connectivity index (χ2n) is 2.78. The van der Waals surface area contributed by atoms with Gasteiger partial charge in [-0.2, -0.15) is 8.78 Å². The summed E-state index contributed by atoms with van der Waals surface area (Å²) in [6.07, 6.45) is -4.30. The third-order valence-corrected chi connectivity index (χ3v) is 1.84. The molecule has 0 aliphatic carbocycles. The number of alkyl halides is 2. The lowest BCUT2D eigenvalue weighted by molar-refractivity contribution is -0.163. The molecule has 1 heterocycles. The predicted molar refractivity (Wildman–Crippen MR) is 40.0 cm³/mol. The minimum absolute atomic E-state index is 0.00690. The summed E-state index contributed by atoms with van der Waals surface area (Å²) in [5.41, 5.74) is 0. The van der Waals surface area contributed by atoms with E-state index in [-0.39, 0.29) is 19.7 Å². The molecule has 1 aliphatic rings. The van der Waals surface area contributed by atoms with Gasteiger partial charge in [0.1, 0.15) is 0 Å². The number of nitrogens with zero attached hydrogens (tertiary/aromatic N) is 1. The van der Waals surface area contributed by atoms with E-state index in [2.05, 4.69) is 0 Å². The molecule has 1 aliphatic heterocycles. The van der Waals surface area contributed by atoms with Crippen molar-refractivity contribution in [3.63, 3.8) is 0 Å². The minimum Gasteiger partial charge on any atom is -0.479 e. The molecule has 1 saturated heterocycles. The van der Waals surface area contributed by atoms with Crippen molar-refractivity contribution in [2.75, 3.05) is 19.7 Å². The van der Waals surface area contributed by atoms with Crippen molar-refractivity contribution >= 4 is 11.9 Å². The summed E-state index contributed by atoms with van der Waals surface area (Å²) in [6, 6.07) is 0. The van der Waals surface area contributed by atoms with Crippen molar-refractivity contribution in [2.24, 2.45) is 0 Å². The summed E-state index contributed by atoms with van der Waals surface area (Å²) in [4.78, 5) is 22.0. The Kier molecular flexibility index (Phi) is 3.34. The molecular weight excluding hydrogens is 200 g/mol. The number of hydrogen-bond acceptors (Lipinski definition) is 3. The molecule has 0 saturated carbocycles. The molecule has 80 valence electrons. The lowest BCUT2D eigenvalue weighted by atomic mass is 10.2. The van der Waals surface area contributed by atoms with Crippen LogP contribution >= 0.6 is 0 Å². The van der Waals surface area contributed by atoms with Crippen LogP contribution in [0.3, 0.4) is 0 Å². The largest absolute Gasteiger partial charge is 0.479 e. The van der Waals surface area contributed by atoms with E-state index in [1.165, 1.54) is 0 Å². The molecule has 0 radical (unpaired) electrons. The van der Waals surface area contributed by atoms with Crippen molar-refractivity contribution in [1.82, 2.24) is 4.90 Å². The third-order valence-electron chi connectivity index (χ3n) is 1.84. The Morgan fingerprint density at radius 2 is 2.14 bits per heavy atom. The van der Waals surface area contributed by atoms with Crippen molar-refractivity contribution in [3.8, 4) is 0 Å². The quantitative estimate of drug-likeness (QED) is 0.669. The standard InChI is InChI=1S/C7H9F2NO4/c8-5(9)6(11)10-1-2-14-4(3-10)7(12)13/h4-5H,1-3H2,(H,12,13). The van der Waals surface area contributed by atoms with Crippen molar-refractivity contribution in [3.05, 3.63) is 0 Å². The molecule has 7 heteroatoms. The van der Waals surface area contributed by atoms with Crippen LogP contribution < -0.4 is 0 Å². The van der Waals surface area contributed by atoms with Gasteiger partial charge >= 0.3 is 12.4 Å². The van der Waals surface area contributed by atoms with Crippen LogP contribution in [0.15, 0.2) is 0 Å². The number of carboxylic acids is 1. The molecule has 0 aromatic carbocycles. The highest BCUT2D eigenvalue weighted by Gasteiger charge is 2.32. The number of carbonyl (C=O) groups is 2. The van der Waals surface area contributed by atoms with Crippen LogP contribution in [0, 0.1) is 0 Å². The topological polar surface area (TPSA) is 66.8 Å². The van der Waals surface area contributed by atoms with E-state index in [0.717, 1.165) is 4.90 Å². The number of carbonyl (C=O) groups excluding carboxylic acids is 1. The maximum Gasteiger partial charge on any atom is 0.334 e. The summed E-state index contributed by atoms with van der Waals surface area (Å²) in [5, 5.41) is 8.53. The number of ether oxygens (including phenoxy) is 1. The van der Waals surface area contributed by atoms with Gasteiger partial charge in [-0.15, -0.1) is 0 Å². The van der Waals surface area contributed by atoms with Crippen LogP contribution in [0.4, 0.5) is 8.78 Å². The van der Waals surface area contributed by atoms with Gasteiger partial charge in [0.2, 0.25) is 0 Å². The molecule has 0 aromatic heterocycles. The predicted octanol–water partition coefficient (Wildman–Crippen LogP) is -0.437. The molecule has 5 nitrogen and oxygen atoms in total. The first kappa shape index (κ1) is 10.8. The van der Waals surface area contributed by atoms with Gasteiger partial charge < -0.3 is 14.7 Å². The van der Waals surface area contributed by atoms with E-state index in [0.29, 0.717) is 0 Å². The van der Waals surface area contributed by atoms with E-state index in [1.54, 1.807) is 0 Å². The van der Waals surface area contributed by atoms with Gasteiger partial charge in [0.25, 0.3) is 5.91 Å². The number of rotatable bonds is 2. The van der Waals surface area contributed by atoms with Crippen LogP contribution in [0.25, 0.3) is 0 Å². The van der Waals surface area contributed by atoms with Gasteiger partial charge in [-0.05, 0) is 0 Å². The normalized spacial score (nSPS) is 22.5. The fraction of sp³-hybridized carbons (Fsp3) is 0.714. The number of morpholine rings is 1. The summed E-state index contributed by atoms with van der Waals surface area (Å²) in [7, 11) is 0.